The molecule has 3 rings (SSSR count). The number of hydrazine groups is 1. The highest BCUT2D eigenvalue weighted by molar-refractivity contribution is 5.87. The van der Waals surface area contributed by atoms with Crippen molar-refractivity contribution in [1.29, 1.82) is 0 Å². The first-order valence-corrected chi connectivity index (χ1v) is 10.1. The number of nitrogens with one attached hydrogen (secondary N) is 3. The van der Waals surface area contributed by atoms with E-state index < -0.39 is 6.04 Å². The lowest BCUT2D eigenvalue weighted by Crippen LogP contribution is -2.48. The average Bonchev–Trinajstić information content (AvgIpc) is 3.05. The molecule has 0 aliphatic heterocycles. The Morgan fingerprint density at radius 2 is 1.90 bits per heavy atom. The summed E-state index contributed by atoms with van der Waals surface area (Å²) in [5, 5.41) is 7.93. The number of rotatable bonds is 6. The lowest BCUT2D eigenvalue weighted by Gasteiger charge is -2.18. The van der Waals surface area contributed by atoms with Crippen LogP contribution in [0.1, 0.15) is 37.2 Å². The molecule has 1 atom stereocenters. The summed E-state index contributed by atoms with van der Waals surface area (Å²) in [6.45, 7) is 9.08. The molecule has 31 heavy (non-hydrogen) atoms. The van der Waals surface area contributed by atoms with E-state index in [1.54, 1.807) is 11.6 Å². The minimum atomic E-state index is -0.562. The highest BCUT2D eigenvalue weighted by Crippen LogP contribution is 2.33. The van der Waals surface area contributed by atoms with Crippen molar-refractivity contribution in [3.05, 3.63) is 41.2 Å². The molecule has 2 aromatic heterocycles. The number of nitrogens with zero attached hydrogens (tertiary/aromatic N) is 3. The molecule has 3 aromatic rings. The van der Waals surface area contributed by atoms with E-state index in [1.807, 2.05) is 52.0 Å². The maximum absolute atomic E-state index is 12.5. The predicted octanol–water partition coefficient (Wildman–Crippen LogP) is 2.69. The molecule has 9 nitrogen and oxygen atoms in total. The third kappa shape index (κ3) is 4.60. The largest absolute Gasteiger partial charge is 0.497 e. The first-order chi connectivity index (χ1) is 14.7. The Hall–Kier alpha value is -3.62. The summed E-state index contributed by atoms with van der Waals surface area (Å²) in [7, 11) is 1.64. The molecule has 0 saturated carbocycles. The van der Waals surface area contributed by atoms with Gasteiger partial charge in [-0.25, -0.2) is 4.98 Å². The van der Waals surface area contributed by atoms with Crippen molar-refractivity contribution < 1.29 is 14.3 Å². The Morgan fingerprint density at radius 3 is 2.52 bits per heavy atom. The minimum absolute atomic E-state index is 0.338. The summed E-state index contributed by atoms with van der Waals surface area (Å²) in [5.74, 6) is 0.758. The fourth-order valence-corrected chi connectivity index (χ4v) is 3.47. The van der Waals surface area contributed by atoms with Gasteiger partial charge < -0.3 is 10.1 Å². The molecule has 9 heteroatoms. The fourth-order valence-electron chi connectivity index (χ4n) is 3.47. The lowest BCUT2D eigenvalue weighted by molar-refractivity contribution is -0.128. The maximum Gasteiger partial charge on any atom is 0.260 e. The Balaban J connectivity index is 2.04. The molecule has 0 aliphatic rings. The zero-order valence-electron chi connectivity index (χ0n) is 18.7. The van der Waals surface area contributed by atoms with Gasteiger partial charge in [0.05, 0.1) is 12.8 Å². The summed E-state index contributed by atoms with van der Waals surface area (Å²) in [6, 6.07) is 7.18. The van der Waals surface area contributed by atoms with E-state index in [1.165, 1.54) is 6.92 Å². The zero-order chi connectivity index (χ0) is 22.7. The number of ether oxygens (including phenoxy) is 1. The molecule has 0 fully saturated rings. The van der Waals surface area contributed by atoms with Crippen LogP contribution in [0, 0.1) is 20.8 Å². The van der Waals surface area contributed by atoms with Crippen LogP contribution in [0.2, 0.25) is 0 Å². The van der Waals surface area contributed by atoms with Crippen LogP contribution in [-0.2, 0) is 9.59 Å². The second-order valence-corrected chi connectivity index (χ2v) is 7.44. The molecule has 1 unspecified atom stereocenters. The van der Waals surface area contributed by atoms with Gasteiger partial charge in [-0.1, -0.05) is 13.0 Å². The van der Waals surface area contributed by atoms with Crippen LogP contribution in [-0.4, -0.2) is 39.6 Å². The van der Waals surface area contributed by atoms with E-state index in [2.05, 4.69) is 16.2 Å². The Labute approximate surface area is 181 Å². The minimum Gasteiger partial charge on any atom is -0.497 e. The van der Waals surface area contributed by atoms with Gasteiger partial charge in [0.15, 0.2) is 5.65 Å². The number of amides is 2. The van der Waals surface area contributed by atoms with Gasteiger partial charge in [0.1, 0.15) is 17.6 Å². The van der Waals surface area contributed by atoms with Gasteiger partial charge >= 0.3 is 0 Å². The smallest absolute Gasteiger partial charge is 0.260 e. The molecule has 0 saturated heterocycles. The van der Waals surface area contributed by atoms with E-state index in [-0.39, 0.29) is 11.8 Å². The number of hydrogen-bond donors (Lipinski definition) is 3. The van der Waals surface area contributed by atoms with Crippen molar-refractivity contribution >= 4 is 23.3 Å². The first kappa shape index (κ1) is 22.1. The molecule has 0 bridgehead atoms. The van der Waals surface area contributed by atoms with Crippen LogP contribution in [0.15, 0.2) is 24.3 Å². The van der Waals surface area contributed by atoms with Crippen molar-refractivity contribution in [2.45, 2.75) is 47.1 Å². The number of aromatic nitrogens is 3. The van der Waals surface area contributed by atoms with Gasteiger partial charge in [0.2, 0.25) is 5.91 Å². The molecule has 164 valence electrons. The van der Waals surface area contributed by atoms with Crippen LogP contribution in [0.3, 0.4) is 0 Å². The van der Waals surface area contributed by atoms with Crippen LogP contribution >= 0.6 is 0 Å². The van der Waals surface area contributed by atoms with Crippen LogP contribution in [0.25, 0.3) is 16.8 Å². The number of fused-ring (bicyclic) bond motifs is 1. The second kappa shape index (κ2) is 9.03. The maximum atomic E-state index is 12.5. The van der Waals surface area contributed by atoms with Crippen LogP contribution in [0.5, 0.6) is 5.75 Å². The number of carbonyl (C=O) groups is 2. The summed E-state index contributed by atoms with van der Waals surface area (Å²) in [6.07, 6.45) is 0.513. The summed E-state index contributed by atoms with van der Waals surface area (Å²) >= 11 is 0. The number of carbonyl (C=O) groups excluding carboxylic acids is 2. The van der Waals surface area contributed by atoms with E-state index in [0.29, 0.717) is 17.9 Å². The Kier molecular flexibility index (Phi) is 6.43. The third-order valence-corrected chi connectivity index (χ3v) is 5.00. The second-order valence-electron chi connectivity index (χ2n) is 7.44. The zero-order valence-corrected chi connectivity index (χ0v) is 18.7. The molecule has 1 aromatic carbocycles. The van der Waals surface area contributed by atoms with E-state index >= 15 is 0 Å². The van der Waals surface area contributed by atoms with Crippen molar-refractivity contribution in [3.8, 4) is 16.9 Å². The van der Waals surface area contributed by atoms with Crippen molar-refractivity contribution in [2.75, 3.05) is 12.4 Å². The summed E-state index contributed by atoms with van der Waals surface area (Å²) < 4.78 is 7.04. The normalized spacial score (nSPS) is 11.8. The van der Waals surface area contributed by atoms with Gasteiger partial charge in [-0.3, -0.25) is 20.4 Å². The van der Waals surface area contributed by atoms with Gasteiger partial charge in [0.25, 0.3) is 5.91 Å². The number of benzene rings is 1. The van der Waals surface area contributed by atoms with Crippen LogP contribution < -0.4 is 20.9 Å². The lowest BCUT2D eigenvalue weighted by atomic mass is 10.0. The van der Waals surface area contributed by atoms with Gasteiger partial charge in [-0.15, -0.1) is 0 Å². The Bertz CT molecular complexity index is 1140. The third-order valence-electron chi connectivity index (χ3n) is 5.00. The standard InChI is InChI=1S/C22H28N6O3/c1-7-18(22(30)26-25-15(5)29)24-19-11-13(3)23-21-20(14(4)27-28(19)21)17-9-8-16(31-6)10-12(17)2/h8-11,18,24H,7H2,1-6H3,(H,25,29)(H,26,30). The molecule has 0 radical (unpaired) electrons. The highest BCUT2D eigenvalue weighted by Gasteiger charge is 2.21. The summed E-state index contributed by atoms with van der Waals surface area (Å²) in [5.41, 5.74) is 10.1. The SMILES string of the molecule is CCC(Nc1cc(C)nc2c(-c3ccc(OC)cc3C)c(C)nn12)C(=O)NNC(C)=O. The molecule has 2 heterocycles. The highest BCUT2D eigenvalue weighted by atomic mass is 16.5. The van der Waals surface area contributed by atoms with Crippen molar-refractivity contribution in [3.63, 3.8) is 0 Å². The molecule has 2 amide bonds. The van der Waals surface area contributed by atoms with Crippen LogP contribution in [0.4, 0.5) is 5.82 Å². The molecule has 3 N–H and O–H groups in total. The topological polar surface area (TPSA) is 110 Å². The predicted molar refractivity (Wildman–Crippen MR) is 119 cm³/mol. The quantitative estimate of drug-likeness (QED) is 0.525. The number of anilines is 1. The van der Waals surface area contributed by atoms with E-state index in [9.17, 15) is 9.59 Å². The number of methoxy groups -OCH3 is 1. The number of aryl methyl sites for hydroxylation is 3. The Morgan fingerprint density at radius 1 is 1.16 bits per heavy atom. The first-order valence-electron chi connectivity index (χ1n) is 10.1. The van der Waals surface area contributed by atoms with Crippen molar-refractivity contribution in [2.24, 2.45) is 0 Å². The fraction of sp³-hybridized carbons (Fsp3) is 0.364. The van der Waals surface area contributed by atoms with Crippen molar-refractivity contribution in [1.82, 2.24) is 25.4 Å². The monoisotopic (exact) mass is 424 g/mol. The van der Waals surface area contributed by atoms with E-state index in [4.69, 9.17) is 14.8 Å². The molecular weight excluding hydrogens is 396 g/mol. The van der Waals surface area contributed by atoms with Gasteiger partial charge in [-0.2, -0.15) is 9.61 Å². The summed E-state index contributed by atoms with van der Waals surface area (Å²) in [4.78, 5) is 28.3. The molecule has 0 spiro atoms. The average molecular weight is 425 g/mol. The van der Waals surface area contributed by atoms with E-state index in [0.717, 1.165) is 33.8 Å². The number of hydrogen-bond acceptors (Lipinski definition) is 6. The molecular formula is C22H28N6O3. The van der Waals surface area contributed by atoms with Gasteiger partial charge in [-0.05, 0) is 50.5 Å². The van der Waals surface area contributed by atoms with Gasteiger partial charge in [0, 0.05) is 24.2 Å². The molecule has 0 aliphatic carbocycles.